The van der Waals surface area contributed by atoms with Gasteiger partial charge in [-0.05, 0) is 28.5 Å². The molecule has 0 radical (unpaired) electrons. The summed E-state index contributed by atoms with van der Waals surface area (Å²) in [6, 6.07) is 14.9. The van der Waals surface area contributed by atoms with Gasteiger partial charge in [0, 0.05) is 31.9 Å². The zero-order valence-corrected chi connectivity index (χ0v) is 16.6. The van der Waals surface area contributed by atoms with Crippen LogP contribution < -0.4 is 0 Å². The summed E-state index contributed by atoms with van der Waals surface area (Å²) < 4.78 is 5.48. The van der Waals surface area contributed by atoms with Gasteiger partial charge in [0.2, 0.25) is 5.91 Å². The summed E-state index contributed by atoms with van der Waals surface area (Å²) in [7, 11) is 0. The van der Waals surface area contributed by atoms with Gasteiger partial charge in [0.25, 0.3) is 0 Å². The summed E-state index contributed by atoms with van der Waals surface area (Å²) in [5.41, 5.74) is 1.14. The monoisotopic (exact) mass is 384 g/mol. The van der Waals surface area contributed by atoms with Gasteiger partial charge in [0.1, 0.15) is 0 Å². The molecule has 0 spiro atoms. The highest BCUT2D eigenvalue weighted by atomic mass is 32.2. The molecule has 2 aromatic rings. The molecule has 0 N–H and O–H groups in total. The molecule has 2 saturated heterocycles. The Morgan fingerprint density at radius 2 is 1.89 bits per heavy atom. The zero-order valence-electron chi connectivity index (χ0n) is 15.8. The number of rotatable bonds is 4. The van der Waals surface area contributed by atoms with Crippen molar-refractivity contribution in [3.63, 3.8) is 0 Å². The molecule has 0 bridgehead atoms. The lowest BCUT2D eigenvalue weighted by molar-refractivity contribution is -0.132. The van der Waals surface area contributed by atoms with Crippen LogP contribution in [0.15, 0.2) is 42.5 Å². The van der Waals surface area contributed by atoms with Crippen LogP contribution in [0.1, 0.15) is 12.0 Å². The normalized spacial score (nSPS) is 21.9. The number of thioether (sulfide) groups is 1. The molecule has 0 saturated carbocycles. The molecule has 1 amide bonds. The number of amides is 1. The lowest BCUT2D eigenvalue weighted by Gasteiger charge is -2.35. The number of nitrogens with zero attached hydrogens (tertiary/aromatic N) is 2. The van der Waals surface area contributed by atoms with E-state index in [2.05, 4.69) is 52.3 Å². The molecule has 4 nitrogen and oxygen atoms in total. The third-order valence-corrected chi connectivity index (χ3v) is 6.75. The van der Waals surface area contributed by atoms with Crippen molar-refractivity contribution in [1.82, 2.24) is 9.80 Å². The summed E-state index contributed by atoms with van der Waals surface area (Å²) in [5, 5.41) is 2.40. The van der Waals surface area contributed by atoms with Crippen molar-refractivity contribution in [2.75, 3.05) is 50.9 Å². The largest absolute Gasteiger partial charge is 0.379 e. The lowest BCUT2D eigenvalue weighted by Crippen LogP contribution is -2.50. The number of morpholine rings is 1. The van der Waals surface area contributed by atoms with Gasteiger partial charge < -0.3 is 9.64 Å². The fourth-order valence-corrected chi connectivity index (χ4v) is 5.16. The topological polar surface area (TPSA) is 32.8 Å². The van der Waals surface area contributed by atoms with E-state index in [1.807, 2.05) is 11.8 Å². The smallest absolute Gasteiger partial charge is 0.227 e. The van der Waals surface area contributed by atoms with E-state index in [0.717, 1.165) is 62.9 Å². The number of ether oxygens (including phenoxy) is 1. The van der Waals surface area contributed by atoms with Crippen LogP contribution in [0.4, 0.5) is 0 Å². The van der Waals surface area contributed by atoms with Crippen LogP contribution in [-0.4, -0.2) is 72.6 Å². The average molecular weight is 385 g/mol. The molecule has 5 heteroatoms. The first-order valence-corrected chi connectivity index (χ1v) is 11.1. The van der Waals surface area contributed by atoms with Crippen LogP contribution in [0.25, 0.3) is 10.8 Å². The second-order valence-electron chi connectivity index (χ2n) is 7.40. The third-order valence-electron chi connectivity index (χ3n) is 5.55. The second-order valence-corrected chi connectivity index (χ2v) is 8.55. The maximum Gasteiger partial charge on any atom is 0.227 e. The molecule has 27 heavy (non-hydrogen) atoms. The molecule has 0 unspecified atom stereocenters. The number of benzene rings is 2. The molecule has 4 rings (SSSR count). The molecule has 2 heterocycles. The fraction of sp³-hybridized carbons (Fsp3) is 0.500. The van der Waals surface area contributed by atoms with E-state index in [1.165, 1.54) is 10.8 Å². The molecule has 2 fully saturated rings. The first-order valence-electron chi connectivity index (χ1n) is 9.95. The summed E-state index contributed by atoms with van der Waals surface area (Å²) in [4.78, 5) is 17.9. The van der Waals surface area contributed by atoms with Crippen LogP contribution in [0.3, 0.4) is 0 Å². The number of fused-ring (bicyclic) bond motifs is 1. The predicted molar refractivity (Wildman–Crippen MR) is 112 cm³/mol. The maximum absolute atomic E-state index is 13.3. The SMILES string of the molecule is O=C(Cc1cccc2ccccc12)N1CCCSC[C@@H]1CN1CCOCC1. The van der Waals surface area contributed by atoms with Gasteiger partial charge in [0.05, 0.1) is 25.7 Å². The highest BCUT2D eigenvalue weighted by molar-refractivity contribution is 7.99. The van der Waals surface area contributed by atoms with E-state index < -0.39 is 0 Å². The summed E-state index contributed by atoms with van der Waals surface area (Å²) in [6.45, 7) is 5.43. The number of carbonyl (C=O) groups is 1. The minimum absolute atomic E-state index is 0.270. The molecule has 1 atom stereocenters. The summed E-state index contributed by atoms with van der Waals surface area (Å²) in [6.07, 6.45) is 1.58. The number of hydrogen-bond acceptors (Lipinski definition) is 4. The minimum Gasteiger partial charge on any atom is -0.379 e. The third kappa shape index (κ3) is 4.65. The molecular weight excluding hydrogens is 356 g/mol. The van der Waals surface area contributed by atoms with Crippen molar-refractivity contribution < 1.29 is 9.53 Å². The van der Waals surface area contributed by atoms with Crippen LogP contribution in [0, 0.1) is 0 Å². The van der Waals surface area contributed by atoms with Crippen LogP contribution in [-0.2, 0) is 16.0 Å². The Hall–Kier alpha value is -1.56. The van der Waals surface area contributed by atoms with Crippen LogP contribution in [0.2, 0.25) is 0 Å². The quantitative estimate of drug-likeness (QED) is 0.811. The fourth-order valence-electron chi connectivity index (χ4n) is 4.10. The lowest BCUT2D eigenvalue weighted by atomic mass is 10.0. The predicted octanol–water partition coefficient (Wildman–Crippen LogP) is 3.05. The van der Waals surface area contributed by atoms with Crippen molar-refractivity contribution in [3.05, 3.63) is 48.0 Å². The standard InChI is InChI=1S/C22H28N2O2S/c25-22(15-19-7-3-6-18-5-1-2-8-21(18)19)24-9-4-14-27-17-20(24)16-23-10-12-26-13-11-23/h1-3,5-8,20H,4,9-17H2/t20-/m0/s1. The van der Waals surface area contributed by atoms with Gasteiger partial charge in [-0.3, -0.25) is 9.69 Å². The molecule has 2 aromatic carbocycles. The van der Waals surface area contributed by atoms with Gasteiger partial charge in [-0.1, -0.05) is 42.5 Å². The summed E-state index contributed by atoms with van der Waals surface area (Å²) in [5.74, 6) is 2.46. The Kier molecular flexibility index (Phi) is 6.32. The minimum atomic E-state index is 0.270. The molecule has 0 aliphatic carbocycles. The first kappa shape index (κ1) is 18.8. The molecule has 2 aliphatic rings. The first-order chi connectivity index (χ1) is 13.3. The highest BCUT2D eigenvalue weighted by Gasteiger charge is 2.28. The van der Waals surface area contributed by atoms with Crippen LogP contribution in [0.5, 0.6) is 0 Å². The molecule has 2 aliphatic heterocycles. The van der Waals surface area contributed by atoms with Gasteiger partial charge in [0.15, 0.2) is 0 Å². The van der Waals surface area contributed by atoms with Crippen molar-refractivity contribution in [3.8, 4) is 0 Å². The van der Waals surface area contributed by atoms with E-state index in [4.69, 9.17) is 4.74 Å². The maximum atomic E-state index is 13.3. The Morgan fingerprint density at radius 1 is 1.07 bits per heavy atom. The van der Waals surface area contributed by atoms with Crippen LogP contribution >= 0.6 is 11.8 Å². The van der Waals surface area contributed by atoms with E-state index in [-0.39, 0.29) is 5.91 Å². The Morgan fingerprint density at radius 3 is 2.78 bits per heavy atom. The van der Waals surface area contributed by atoms with E-state index in [0.29, 0.717) is 12.5 Å². The highest BCUT2D eigenvalue weighted by Crippen LogP contribution is 2.22. The van der Waals surface area contributed by atoms with E-state index in [1.54, 1.807) is 0 Å². The zero-order chi connectivity index (χ0) is 18.5. The van der Waals surface area contributed by atoms with Crippen molar-refractivity contribution in [1.29, 1.82) is 0 Å². The van der Waals surface area contributed by atoms with E-state index >= 15 is 0 Å². The van der Waals surface area contributed by atoms with Crippen molar-refractivity contribution in [2.45, 2.75) is 18.9 Å². The van der Waals surface area contributed by atoms with Crippen molar-refractivity contribution >= 4 is 28.4 Å². The van der Waals surface area contributed by atoms with Gasteiger partial charge >= 0.3 is 0 Å². The molecule has 144 valence electrons. The summed E-state index contributed by atoms with van der Waals surface area (Å²) >= 11 is 1.99. The van der Waals surface area contributed by atoms with Gasteiger partial charge in [-0.25, -0.2) is 0 Å². The van der Waals surface area contributed by atoms with E-state index in [9.17, 15) is 4.79 Å². The Balaban J connectivity index is 1.50. The molecule has 0 aromatic heterocycles. The Labute approximate surface area is 165 Å². The second kappa shape index (κ2) is 9.09. The number of carbonyl (C=O) groups excluding carboxylic acids is 1. The Bertz CT molecular complexity index is 771. The number of hydrogen-bond donors (Lipinski definition) is 0. The van der Waals surface area contributed by atoms with Gasteiger partial charge in [-0.15, -0.1) is 0 Å². The molecular formula is C22H28N2O2S. The van der Waals surface area contributed by atoms with Gasteiger partial charge in [-0.2, -0.15) is 11.8 Å². The van der Waals surface area contributed by atoms with Crippen molar-refractivity contribution in [2.24, 2.45) is 0 Å². The average Bonchev–Trinajstić information content (AvgIpc) is 2.94.